The second kappa shape index (κ2) is 6.49. The fraction of sp³-hybridized carbons (Fsp3) is 0.176. The zero-order chi connectivity index (χ0) is 17.1. The molecule has 1 aromatic carbocycles. The van der Waals surface area contributed by atoms with E-state index < -0.39 is 11.8 Å². The van der Waals surface area contributed by atoms with Gasteiger partial charge >= 0.3 is 5.97 Å². The number of rotatable bonds is 3. The van der Waals surface area contributed by atoms with Crippen LogP contribution in [0.2, 0.25) is 0 Å². The van der Waals surface area contributed by atoms with Crippen molar-refractivity contribution in [3.05, 3.63) is 53.6 Å². The summed E-state index contributed by atoms with van der Waals surface area (Å²) in [5, 5.41) is 0. The number of aliphatic imine (C=N–C) groups is 1. The van der Waals surface area contributed by atoms with E-state index >= 15 is 0 Å². The van der Waals surface area contributed by atoms with E-state index in [1.807, 2.05) is 0 Å². The zero-order valence-corrected chi connectivity index (χ0v) is 12.9. The highest BCUT2D eigenvalue weighted by Gasteiger charge is 2.31. The maximum absolute atomic E-state index is 12.4. The lowest BCUT2D eigenvalue weighted by molar-refractivity contribution is 0.0526. The summed E-state index contributed by atoms with van der Waals surface area (Å²) in [5.41, 5.74) is 1.07. The van der Waals surface area contributed by atoms with Gasteiger partial charge in [-0.1, -0.05) is 0 Å². The van der Waals surface area contributed by atoms with E-state index in [9.17, 15) is 14.4 Å². The van der Waals surface area contributed by atoms with Crippen LogP contribution in [0.5, 0.6) is 0 Å². The number of ether oxygens (including phenoxy) is 1. The molecule has 2 aromatic rings. The highest BCUT2D eigenvalue weighted by molar-refractivity contribution is 6.52. The standard InChI is InChI=1S/C17H13N3O4/c1-2-24-17(23)10-3-5-11(6-4-10)20-12-9-13(21)14-15(16(12)22)19-8-7-18-14/h3-8H,2,9H2,1H3. The van der Waals surface area contributed by atoms with Gasteiger partial charge in [0.2, 0.25) is 5.78 Å². The Hall–Kier alpha value is -3.22. The van der Waals surface area contributed by atoms with Crippen molar-refractivity contribution >= 4 is 28.9 Å². The summed E-state index contributed by atoms with van der Waals surface area (Å²) in [6.07, 6.45) is 2.62. The molecule has 1 heterocycles. The number of esters is 1. The molecule has 0 N–H and O–H groups in total. The minimum absolute atomic E-state index is 0.0237. The van der Waals surface area contributed by atoms with Crippen molar-refractivity contribution < 1.29 is 19.1 Å². The molecule has 0 aliphatic heterocycles. The number of Topliss-reactive ketones (excluding diaryl/α,β-unsaturated/α-hetero) is 2. The highest BCUT2D eigenvalue weighted by atomic mass is 16.5. The Morgan fingerprint density at radius 3 is 2.46 bits per heavy atom. The van der Waals surface area contributed by atoms with Crippen molar-refractivity contribution in [3.63, 3.8) is 0 Å². The average molecular weight is 323 g/mol. The second-order valence-corrected chi connectivity index (χ2v) is 5.01. The molecule has 0 unspecified atom stereocenters. The molecule has 24 heavy (non-hydrogen) atoms. The minimum Gasteiger partial charge on any atom is -0.462 e. The zero-order valence-electron chi connectivity index (χ0n) is 12.9. The van der Waals surface area contributed by atoms with Crippen LogP contribution in [0, 0.1) is 0 Å². The first-order chi connectivity index (χ1) is 11.6. The molecule has 0 amide bonds. The molecule has 1 aromatic heterocycles. The first-order valence-electron chi connectivity index (χ1n) is 7.33. The van der Waals surface area contributed by atoms with Gasteiger partial charge in [0.1, 0.15) is 11.4 Å². The summed E-state index contributed by atoms with van der Waals surface area (Å²) in [6.45, 7) is 2.02. The van der Waals surface area contributed by atoms with Crippen molar-refractivity contribution in [2.45, 2.75) is 13.3 Å². The van der Waals surface area contributed by atoms with Gasteiger partial charge in [-0.25, -0.2) is 19.8 Å². The summed E-state index contributed by atoms with van der Waals surface area (Å²) < 4.78 is 4.90. The number of ketones is 2. The Balaban J connectivity index is 1.88. The van der Waals surface area contributed by atoms with Crippen LogP contribution in [0.3, 0.4) is 0 Å². The van der Waals surface area contributed by atoms with Crippen LogP contribution in [-0.4, -0.2) is 39.8 Å². The van der Waals surface area contributed by atoms with Crippen molar-refractivity contribution in [2.75, 3.05) is 6.61 Å². The van der Waals surface area contributed by atoms with Crippen LogP contribution >= 0.6 is 0 Å². The van der Waals surface area contributed by atoms with Crippen molar-refractivity contribution in [1.82, 2.24) is 9.97 Å². The molecule has 1 aliphatic rings. The fourth-order valence-electron chi connectivity index (χ4n) is 2.29. The largest absolute Gasteiger partial charge is 0.462 e. The quantitative estimate of drug-likeness (QED) is 0.803. The van der Waals surface area contributed by atoms with Crippen LogP contribution < -0.4 is 0 Å². The van der Waals surface area contributed by atoms with Crippen molar-refractivity contribution in [1.29, 1.82) is 0 Å². The molecule has 0 spiro atoms. The number of carbonyl (C=O) groups is 3. The third kappa shape index (κ3) is 2.96. The van der Waals surface area contributed by atoms with E-state index in [1.165, 1.54) is 12.4 Å². The van der Waals surface area contributed by atoms with E-state index in [0.717, 1.165) is 0 Å². The molecule has 0 radical (unpaired) electrons. The molecule has 0 bridgehead atoms. The molecule has 0 fully saturated rings. The van der Waals surface area contributed by atoms with Gasteiger partial charge in [0.25, 0.3) is 0 Å². The van der Waals surface area contributed by atoms with Crippen LogP contribution in [0.15, 0.2) is 41.7 Å². The summed E-state index contributed by atoms with van der Waals surface area (Å²) in [6, 6.07) is 6.28. The third-order valence-corrected chi connectivity index (χ3v) is 3.41. The van der Waals surface area contributed by atoms with Crippen molar-refractivity contribution in [3.8, 4) is 0 Å². The first kappa shape index (κ1) is 15.7. The van der Waals surface area contributed by atoms with Gasteiger partial charge in [-0.15, -0.1) is 0 Å². The molecule has 1 aliphatic carbocycles. The Kier molecular flexibility index (Phi) is 4.24. The summed E-state index contributed by atoms with van der Waals surface area (Å²) in [4.78, 5) is 48.1. The lowest BCUT2D eigenvalue weighted by Gasteiger charge is -2.13. The maximum Gasteiger partial charge on any atom is 0.338 e. The summed E-state index contributed by atoms with van der Waals surface area (Å²) in [7, 11) is 0. The molecule has 3 rings (SSSR count). The smallest absolute Gasteiger partial charge is 0.338 e. The molecular weight excluding hydrogens is 310 g/mol. The van der Waals surface area contributed by atoms with E-state index in [2.05, 4.69) is 15.0 Å². The molecule has 7 heteroatoms. The number of benzene rings is 1. The van der Waals surface area contributed by atoms with E-state index in [-0.39, 0.29) is 29.3 Å². The Labute approximate surface area is 137 Å². The Morgan fingerprint density at radius 1 is 1.12 bits per heavy atom. The summed E-state index contributed by atoms with van der Waals surface area (Å²) in [5.74, 6) is -1.13. The first-order valence-corrected chi connectivity index (χ1v) is 7.33. The number of fused-ring (bicyclic) bond motifs is 1. The monoisotopic (exact) mass is 323 g/mol. The second-order valence-electron chi connectivity index (χ2n) is 5.01. The lowest BCUT2D eigenvalue weighted by Crippen LogP contribution is -2.29. The van der Waals surface area contributed by atoms with Gasteiger partial charge in [0, 0.05) is 12.4 Å². The maximum atomic E-state index is 12.4. The van der Waals surface area contributed by atoms with Gasteiger partial charge in [-0.05, 0) is 31.2 Å². The molecule has 7 nitrogen and oxygen atoms in total. The van der Waals surface area contributed by atoms with E-state index in [4.69, 9.17) is 4.74 Å². The number of aromatic nitrogens is 2. The van der Waals surface area contributed by atoms with Crippen molar-refractivity contribution in [2.24, 2.45) is 4.99 Å². The van der Waals surface area contributed by atoms with E-state index in [0.29, 0.717) is 17.9 Å². The van der Waals surface area contributed by atoms with Crippen LogP contribution in [0.25, 0.3) is 0 Å². The SMILES string of the molecule is CCOC(=O)c1ccc(N=C2CC(=O)c3nccnc3C2=O)cc1. The Morgan fingerprint density at radius 2 is 1.79 bits per heavy atom. The molecule has 120 valence electrons. The predicted octanol–water partition coefficient (Wildman–Crippen LogP) is 2.20. The topological polar surface area (TPSA) is 98.6 Å². The molecule has 0 atom stereocenters. The summed E-state index contributed by atoms with van der Waals surface area (Å²) >= 11 is 0. The highest BCUT2D eigenvalue weighted by Crippen LogP contribution is 2.20. The van der Waals surface area contributed by atoms with Crippen LogP contribution in [-0.2, 0) is 4.74 Å². The van der Waals surface area contributed by atoms with Gasteiger partial charge in [-0.3, -0.25) is 9.59 Å². The average Bonchev–Trinajstić information content (AvgIpc) is 2.60. The number of hydrogen-bond acceptors (Lipinski definition) is 7. The minimum atomic E-state index is -0.426. The van der Waals surface area contributed by atoms with E-state index in [1.54, 1.807) is 31.2 Å². The van der Waals surface area contributed by atoms with Crippen LogP contribution in [0.1, 0.15) is 44.7 Å². The number of nitrogens with zero attached hydrogens (tertiary/aromatic N) is 3. The van der Waals surface area contributed by atoms with Gasteiger partial charge in [-0.2, -0.15) is 0 Å². The normalized spacial score (nSPS) is 15.3. The third-order valence-electron chi connectivity index (χ3n) is 3.41. The molecule has 0 saturated carbocycles. The Bertz CT molecular complexity index is 856. The fourth-order valence-corrected chi connectivity index (χ4v) is 2.29. The predicted molar refractivity (Wildman–Crippen MR) is 84.8 cm³/mol. The van der Waals surface area contributed by atoms with Gasteiger partial charge in [0.15, 0.2) is 5.78 Å². The van der Waals surface area contributed by atoms with Gasteiger partial charge < -0.3 is 4.74 Å². The van der Waals surface area contributed by atoms with Crippen LogP contribution in [0.4, 0.5) is 5.69 Å². The molecule has 0 saturated heterocycles. The number of carbonyl (C=O) groups excluding carboxylic acids is 3. The lowest BCUT2D eigenvalue weighted by atomic mass is 9.95. The van der Waals surface area contributed by atoms with Gasteiger partial charge in [0.05, 0.1) is 30.0 Å². The molecular formula is C17H13N3O4. The number of hydrogen-bond donors (Lipinski definition) is 0.